The summed E-state index contributed by atoms with van der Waals surface area (Å²) in [5, 5.41) is 5.32. The molecule has 0 aliphatic heterocycles. The summed E-state index contributed by atoms with van der Waals surface area (Å²) in [5.41, 5.74) is 7.44. The standard InChI is InChI=1S/C16H23ClN4/c1-4-14-9-15(21(5-2)20-14)10-16(19-18)12-6-11(3)7-13(17)8-12/h6-9,16,19H,4-5,10,18H2,1-3H3. The van der Waals surface area contributed by atoms with Gasteiger partial charge < -0.3 is 0 Å². The summed E-state index contributed by atoms with van der Waals surface area (Å²) in [5.74, 6) is 5.76. The molecule has 2 rings (SSSR count). The van der Waals surface area contributed by atoms with Gasteiger partial charge in [0.15, 0.2) is 0 Å². The quantitative estimate of drug-likeness (QED) is 0.636. The molecule has 1 aromatic heterocycles. The lowest BCUT2D eigenvalue weighted by Gasteiger charge is -2.18. The summed E-state index contributed by atoms with van der Waals surface area (Å²) in [6, 6.07) is 8.21. The molecule has 5 heteroatoms. The van der Waals surface area contributed by atoms with Crippen molar-refractivity contribution < 1.29 is 0 Å². The lowest BCUT2D eigenvalue weighted by molar-refractivity contribution is 0.516. The molecule has 0 radical (unpaired) electrons. The number of hydrazine groups is 1. The van der Waals surface area contributed by atoms with E-state index < -0.39 is 0 Å². The molecule has 1 aromatic carbocycles. The average Bonchev–Trinajstić information content (AvgIpc) is 2.85. The number of halogens is 1. The number of aryl methyl sites for hydroxylation is 3. The van der Waals surface area contributed by atoms with Crippen molar-refractivity contribution in [3.8, 4) is 0 Å². The Kier molecular flexibility index (Phi) is 5.39. The highest BCUT2D eigenvalue weighted by Crippen LogP contribution is 2.23. The van der Waals surface area contributed by atoms with Crippen molar-refractivity contribution >= 4 is 11.6 Å². The normalized spacial score (nSPS) is 12.6. The smallest absolute Gasteiger partial charge is 0.0624 e. The van der Waals surface area contributed by atoms with Crippen LogP contribution in [0.5, 0.6) is 0 Å². The summed E-state index contributed by atoms with van der Waals surface area (Å²) in [6.45, 7) is 7.12. The van der Waals surface area contributed by atoms with Crippen molar-refractivity contribution in [3.05, 3.63) is 51.8 Å². The van der Waals surface area contributed by atoms with E-state index in [-0.39, 0.29) is 6.04 Å². The monoisotopic (exact) mass is 306 g/mol. The topological polar surface area (TPSA) is 55.9 Å². The van der Waals surface area contributed by atoms with E-state index in [1.54, 1.807) is 0 Å². The van der Waals surface area contributed by atoms with Crippen LogP contribution in [0.1, 0.15) is 42.4 Å². The third-order valence-electron chi connectivity index (χ3n) is 3.66. The number of nitrogens with two attached hydrogens (primary N) is 1. The molecule has 0 aliphatic carbocycles. The molecular weight excluding hydrogens is 284 g/mol. The first-order valence-corrected chi connectivity index (χ1v) is 7.74. The van der Waals surface area contributed by atoms with Gasteiger partial charge in [-0.05, 0) is 49.6 Å². The van der Waals surface area contributed by atoms with Gasteiger partial charge in [-0.3, -0.25) is 16.0 Å². The molecule has 0 bridgehead atoms. The minimum atomic E-state index is 0.0223. The Balaban J connectivity index is 2.28. The molecule has 0 fully saturated rings. The Morgan fingerprint density at radius 1 is 1.29 bits per heavy atom. The van der Waals surface area contributed by atoms with Gasteiger partial charge in [-0.15, -0.1) is 0 Å². The minimum Gasteiger partial charge on any atom is -0.271 e. The van der Waals surface area contributed by atoms with Gasteiger partial charge in [-0.2, -0.15) is 5.10 Å². The summed E-state index contributed by atoms with van der Waals surface area (Å²) < 4.78 is 2.04. The van der Waals surface area contributed by atoms with E-state index in [0.29, 0.717) is 0 Å². The molecule has 21 heavy (non-hydrogen) atoms. The molecule has 0 saturated heterocycles. The number of benzene rings is 1. The predicted molar refractivity (Wildman–Crippen MR) is 87.2 cm³/mol. The second-order valence-electron chi connectivity index (χ2n) is 5.28. The lowest BCUT2D eigenvalue weighted by atomic mass is 10.0. The van der Waals surface area contributed by atoms with Crippen molar-refractivity contribution in [3.63, 3.8) is 0 Å². The minimum absolute atomic E-state index is 0.0223. The van der Waals surface area contributed by atoms with Crippen LogP contribution >= 0.6 is 11.6 Å². The molecule has 2 aromatic rings. The number of nitrogens with one attached hydrogen (secondary N) is 1. The molecule has 114 valence electrons. The molecule has 0 spiro atoms. The van der Waals surface area contributed by atoms with E-state index in [9.17, 15) is 0 Å². The van der Waals surface area contributed by atoms with Crippen LogP contribution < -0.4 is 11.3 Å². The number of nitrogens with zero attached hydrogens (tertiary/aromatic N) is 2. The van der Waals surface area contributed by atoms with Crippen LogP contribution in [0, 0.1) is 6.92 Å². The van der Waals surface area contributed by atoms with Crippen LogP contribution in [0.15, 0.2) is 24.3 Å². The number of hydrogen-bond donors (Lipinski definition) is 2. The molecule has 1 unspecified atom stereocenters. The van der Waals surface area contributed by atoms with Crippen LogP contribution in [-0.4, -0.2) is 9.78 Å². The second kappa shape index (κ2) is 7.07. The van der Waals surface area contributed by atoms with Crippen molar-refractivity contribution in [2.45, 2.75) is 46.2 Å². The summed E-state index contributed by atoms with van der Waals surface area (Å²) in [7, 11) is 0. The van der Waals surface area contributed by atoms with E-state index in [0.717, 1.165) is 41.2 Å². The van der Waals surface area contributed by atoms with Crippen molar-refractivity contribution in [1.82, 2.24) is 15.2 Å². The van der Waals surface area contributed by atoms with Gasteiger partial charge in [0.05, 0.1) is 11.7 Å². The lowest BCUT2D eigenvalue weighted by Crippen LogP contribution is -2.30. The zero-order valence-corrected chi connectivity index (χ0v) is 13.6. The van der Waals surface area contributed by atoms with Crippen LogP contribution in [0.25, 0.3) is 0 Å². The fourth-order valence-corrected chi connectivity index (χ4v) is 2.87. The van der Waals surface area contributed by atoms with Gasteiger partial charge in [-0.1, -0.05) is 24.6 Å². The van der Waals surface area contributed by atoms with Crippen LogP contribution in [0.3, 0.4) is 0 Å². The summed E-state index contributed by atoms with van der Waals surface area (Å²) >= 11 is 6.15. The molecule has 1 heterocycles. The van der Waals surface area contributed by atoms with Crippen molar-refractivity contribution in [2.24, 2.45) is 5.84 Å². The third-order valence-corrected chi connectivity index (χ3v) is 3.88. The van der Waals surface area contributed by atoms with Crippen LogP contribution in [0.4, 0.5) is 0 Å². The summed E-state index contributed by atoms with van der Waals surface area (Å²) in [6.07, 6.45) is 1.73. The van der Waals surface area contributed by atoms with E-state index in [4.69, 9.17) is 17.4 Å². The van der Waals surface area contributed by atoms with E-state index in [1.165, 1.54) is 5.69 Å². The Bertz CT molecular complexity index is 586. The first-order chi connectivity index (χ1) is 10.1. The SMILES string of the molecule is CCc1cc(CC(NN)c2cc(C)cc(Cl)c2)n(CC)n1. The first-order valence-electron chi connectivity index (χ1n) is 7.36. The zero-order valence-electron chi connectivity index (χ0n) is 12.9. The Morgan fingerprint density at radius 3 is 2.62 bits per heavy atom. The van der Waals surface area contributed by atoms with Gasteiger partial charge in [0.1, 0.15) is 0 Å². The maximum Gasteiger partial charge on any atom is 0.0624 e. The Labute approximate surface area is 131 Å². The molecule has 3 N–H and O–H groups in total. The molecule has 1 atom stereocenters. The molecule has 0 aliphatic rings. The first kappa shape index (κ1) is 16.0. The number of rotatable bonds is 6. The third kappa shape index (κ3) is 3.84. The summed E-state index contributed by atoms with van der Waals surface area (Å²) in [4.78, 5) is 0. The molecule has 0 amide bonds. The van der Waals surface area contributed by atoms with Crippen LogP contribution in [-0.2, 0) is 19.4 Å². The van der Waals surface area contributed by atoms with Gasteiger partial charge in [0.2, 0.25) is 0 Å². The Hall–Kier alpha value is -1.36. The second-order valence-corrected chi connectivity index (χ2v) is 5.72. The van der Waals surface area contributed by atoms with Gasteiger partial charge >= 0.3 is 0 Å². The van der Waals surface area contributed by atoms with Crippen molar-refractivity contribution in [2.75, 3.05) is 0 Å². The highest BCUT2D eigenvalue weighted by atomic mass is 35.5. The fraction of sp³-hybridized carbons (Fsp3) is 0.438. The number of aromatic nitrogens is 2. The maximum absolute atomic E-state index is 6.15. The highest BCUT2D eigenvalue weighted by molar-refractivity contribution is 6.30. The molecular formula is C16H23ClN4. The number of hydrogen-bond acceptors (Lipinski definition) is 3. The van der Waals surface area contributed by atoms with E-state index in [2.05, 4.69) is 36.5 Å². The van der Waals surface area contributed by atoms with Crippen molar-refractivity contribution in [1.29, 1.82) is 0 Å². The average molecular weight is 307 g/mol. The predicted octanol–water partition coefficient (Wildman–Crippen LogP) is 3.17. The van der Waals surface area contributed by atoms with E-state index >= 15 is 0 Å². The zero-order chi connectivity index (χ0) is 15.4. The van der Waals surface area contributed by atoms with Gasteiger partial charge in [0.25, 0.3) is 0 Å². The maximum atomic E-state index is 6.15. The molecule has 4 nitrogen and oxygen atoms in total. The van der Waals surface area contributed by atoms with Gasteiger partial charge in [0, 0.05) is 23.7 Å². The molecule has 0 saturated carbocycles. The van der Waals surface area contributed by atoms with Crippen LogP contribution in [0.2, 0.25) is 5.02 Å². The van der Waals surface area contributed by atoms with E-state index in [1.807, 2.05) is 23.7 Å². The largest absolute Gasteiger partial charge is 0.271 e. The highest BCUT2D eigenvalue weighted by Gasteiger charge is 2.15. The van der Waals surface area contributed by atoms with Gasteiger partial charge in [-0.25, -0.2) is 0 Å². The fourth-order valence-electron chi connectivity index (χ4n) is 2.57. The Morgan fingerprint density at radius 2 is 2.05 bits per heavy atom.